The lowest BCUT2D eigenvalue weighted by molar-refractivity contribution is 0.225. The second-order valence-electron chi connectivity index (χ2n) is 5.54. The Morgan fingerprint density at radius 2 is 2.12 bits per heavy atom. The molecule has 1 saturated carbocycles. The van der Waals surface area contributed by atoms with Gasteiger partial charge in [0.1, 0.15) is 0 Å². The fraction of sp³-hybridized carbons (Fsp3) is 1.00. The Morgan fingerprint density at radius 3 is 2.62 bits per heavy atom. The smallest absolute Gasteiger partial charge is 0.211 e. The van der Waals surface area contributed by atoms with E-state index in [0.717, 1.165) is 25.8 Å². The van der Waals surface area contributed by atoms with Crippen LogP contribution in [0.4, 0.5) is 0 Å². The number of hydrogen-bond acceptors (Lipinski definition) is 3. The maximum Gasteiger partial charge on any atom is 0.211 e. The maximum absolute atomic E-state index is 11.5. The Labute approximate surface area is 98.2 Å². The van der Waals surface area contributed by atoms with Gasteiger partial charge in [0, 0.05) is 13.1 Å². The molecule has 1 aliphatic heterocycles. The first-order valence-electron chi connectivity index (χ1n) is 6.10. The van der Waals surface area contributed by atoms with E-state index in [1.807, 2.05) is 0 Å². The van der Waals surface area contributed by atoms with Crippen molar-refractivity contribution in [2.45, 2.75) is 32.1 Å². The van der Waals surface area contributed by atoms with Gasteiger partial charge < -0.3 is 5.73 Å². The molecule has 2 aliphatic rings. The van der Waals surface area contributed by atoms with Crippen molar-refractivity contribution in [3.05, 3.63) is 0 Å². The summed E-state index contributed by atoms with van der Waals surface area (Å²) in [5.74, 6) is 0.523. The lowest BCUT2D eigenvalue weighted by atomic mass is 9.87. The average Bonchev–Trinajstić information content (AvgIpc) is 2.98. The van der Waals surface area contributed by atoms with Crippen molar-refractivity contribution >= 4 is 10.0 Å². The SMILES string of the molecule is CS(=O)(=O)N1CCCC(CC2(CN)CC2)C1. The first-order chi connectivity index (χ1) is 7.45. The summed E-state index contributed by atoms with van der Waals surface area (Å²) in [5, 5.41) is 0. The third-order valence-electron chi connectivity index (χ3n) is 4.06. The van der Waals surface area contributed by atoms with Gasteiger partial charge in [-0.15, -0.1) is 0 Å². The van der Waals surface area contributed by atoms with Gasteiger partial charge in [0.15, 0.2) is 0 Å². The standard InChI is InChI=1S/C11H22N2O2S/c1-16(14,15)13-6-2-3-10(8-13)7-11(9-12)4-5-11/h10H,2-9,12H2,1H3. The summed E-state index contributed by atoms with van der Waals surface area (Å²) >= 11 is 0. The molecule has 0 aromatic carbocycles. The molecule has 94 valence electrons. The molecule has 0 aromatic rings. The highest BCUT2D eigenvalue weighted by molar-refractivity contribution is 7.88. The summed E-state index contributed by atoms with van der Waals surface area (Å²) in [6, 6.07) is 0. The van der Waals surface area contributed by atoms with Gasteiger partial charge in [-0.3, -0.25) is 0 Å². The Hall–Kier alpha value is -0.130. The van der Waals surface area contributed by atoms with Crippen LogP contribution in [0.2, 0.25) is 0 Å². The molecular weight excluding hydrogens is 224 g/mol. The minimum absolute atomic E-state index is 0.366. The highest BCUT2D eigenvalue weighted by Gasteiger charge is 2.43. The lowest BCUT2D eigenvalue weighted by Gasteiger charge is -2.32. The van der Waals surface area contributed by atoms with Gasteiger partial charge in [0.25, 0.3) is 0 Å². The summed E-state index contributed by atoms with van der Waals surface area (Å²) in [4.78, 5) is 0. The van der Waals surface area contributed by atoms with Gasteiger partial charge in [-0.25, -0.2) is 12.7 Å². The van der Waals surface area contributed by atoms with E-state index in [2.05, 4.69) is 0 Å². The normalized spacial score (nSPS) is 30.2. The zero-order valence-electron chi connectivity index (χ0n) is 9.98. The highest BCUT2D eigenvalue weighted by Crippen LogP contribution is 2.50. The number of sulfonamides is 1. The van der Waals surface area contributed by atoms with Gasteiger partial charge in [-0.2, -0.15) is 0 Å². The van der Waals surface area contributed by atoms with E-state index < -0.39 is 10.0 Å². The van der Waals surface area contributed by atoms with Crippen LogP contribution in [0.5, 0.6) is 0 Å². The van der Waals surface area contributed by atoms with Crippen LogP contribution in [0.15, 0.2) is 0 Å². The monoisotopic (exact) mass is 246 g/mol. The number of hydrogen-bond donors (Lipinski definition) is 1. The van der Waals surface area contributed by atoms with Crippen molar-refractivity contribution in [3.8, 4) is 0 Å². The van der Waals surface area contributed by atoms with Crippen LogP contribution in [-0.2, 0) is 10.0 Å². The van der Waals surface area contributed by atoms with Gasteiger partial charge in [-0.05, 0) is 50.0 Å². The fourth-order valence-corrected chi connectivity index (χ4v) is 3.72. The largest absolute Gasteiger partial charge is 0.330 e. The molecule has 2 fully saturated rings. The minimum atomic E-state index is -3.00. The Balaban J connectivity index is 1.92. The molecule has 1 saturated heterocycles. The summed E-state index contributed by atoms with van der Waals surface area (Å²) in [5.41, 5.74) is 6.14. The molecule has 2 rings (SSSR count). The summed E-state index contributed by atoms with van der Waals surface area (Å²) < 4.78 is 24.6. The number of rotatable bonds is 4. The molecule has 1 aliphatic carbocycles. The highest BCUT2D eigenvalue weighted by atomic mass is 32.2. The summed E-state index contributed by atoms with van der Waals surface area (Å²) in [6.07, 6.45) is 7.06. The van der Waals surface area contributed by atoms with E-state index in [9.17, 15) is 8.42 Å². The number of piperidine rings is 1. The lowest BCUT2D eigenvalue weighted by Crippen LogP contribution is -2.40. The first kappa shape index (κ1) is 12.3. The van der Waals surface area contributed by atoms with E-state index >= 15 is 0 Å². The second-order valence-corrected chi connectivity index (χ2v) is 7.52. The van der Waals surface area contributed by atoms with Gasteiger partial charge in [-0.1, -0.05) is 0 Å². The van der Waals surface area contributed by atoms with Crippen molar-refractivity contribution in [1.82, 2.24) is 4.31 Å². The predicted octanol–water partition coefficient (Wildman–Crippen LogP) is 0.787. The summed E-state index contributed by atoms with van der Waals surface area (Å²) in [7, 11) is -3.00. The number of nitrogens with zero attached hydrogens (tertiary/aromatic N) is 1. The van der Waals surface area contributed by atoms with E-state index in [-0.39, 0.29) is 0 Å². The van der Waals surface area contributed by atoms with Crippen LogP contribution in [0.1, 0.15) is 32.1 Å². The Kier molecular flexibility index (Phi) is 3.29. The van der Waals surface area contributed by atoms with Crippen molar-refractivity contribution in [3.63, 3.8) is 0 Å². The molecule has 1 atom stereocenters. The summed E-state index contributed by atoms with van der Waals surface area (Å²) in [6.45, 7) is 2.17. The molecule has 1 unspecified atom stereocenters. The zero-order chi connectivity index (χ0) is 11.8. The van der Waals surface area contributed by atoms with Crippen molar-refractivity contribution in [1.29, 1.82) is 0 Å². The topological polar surface area (TPSA) is 63.4 Å². The van der Waals surface area contributed by atoms with E-state index in [4.69, 9.17) is 5.73 Å². The molecule has 16 heavy (non-hydrogen) atoms. The van der Waals surface area contributed by atoms with E-state index in [1.165, 1.54) is 19.1 Å². The Morgan fingerprint density at radius 1 is 1.44 bits per heavy atom. The van der Waals surface area contributed by atoms with Gasteiger partial charge in [0.05, 0.1) is 6.26 Å². The molecule has 0 bridgehead atoms. The average molecular weight is 246 g/mol. The number of nitrogens with two attached hydrogens (primary N) is 1. The molecule has 0 aromatic heterocycles. The van der Waals surface area contributed by atoms with Gasteiger partial charge in [0.2, 0.25) is 10.0 Å². The quantitative estimate of drug-likeness (QED) is 0.797. The van der Waals surface area contributed by atoms with E-state index in [0.29, 0.717) is 24.4 Å². The first-order valence-corrected chi connectivity index (χ1v) is 7.95. The molecule has 0 spiro atoms. The van der Waals surface area contributed by atoms with Gasteiger partial charge >= 0.3 is 0 Å². The van der Waals surface area contributed by atoms with Crippen molar-refractivity contribution in [2.75, 3.05) is 25.9 Å². The minimum Gasteiger partial charge on any atom is -0.330 e. The van der Waals surface area contributed by atoms with Crippen LogP contribution in [0.25, 0.3) is 0 Å². The van der Waals surface area contributed by atoms with Crippen LogP contribution < -0.4 is 5.73 Å². The third-order valence-corrected chi connectivity index (χ3v) is 5.33. The van der Waals surface area contributed by atoms with Crippen molar-refractivity contribution < 1.29 is 8.42 Å². The maximum atomic E-state index is 11.5. The van der Waals surface area contributed by atoms with Crippen LogP contribution in [0, 0.1) is 11.3 Å². The molecule has 0 amide bonds. The second kappa shape index (κ2) is 4.27. The van der Waals surface area contributed by atoms with Crippen LogP contribution in [-0.4, -0.2) is 38.6 Å². The molecule has 5 heteroatoms. The Bertz CT molecular complexity index is 349. The molecule has 1 heterocycles. The third kappa shape index (κ3) is 2.76. The van der Waals surface area contributed by atoms with Crippen LogP contribution in [0.3, 0.4) is 0 Å². The van der Waals surface area contributed by atoms with E-state index in [1.54, 1.807) is 4.31 Å². The molecule has 2 N–H and O–H groups in total. The molecule has 0 radical (unpaired) electrons. The molecular formula is C11H22N2O2S. The predicted molar refractivity (Wildman–Crippen MR) is 64.5 cm³/mol. The van der Waals surface area contributed by atoms with Crippen molar-refractivity contribution in [2.24, 2.45) is 17.1 Å². The fourth-order valence-electron chi connectivity index (χ4n) is 2.78. The molecule has 4 nitrogen and oxygen atoms in total. The zero-order valence-corrected chi connectivity index (χ0v) is 10.8. The van der Waals surface area contributed by atoms with Crippen LogP contribution >= 0.6 is 0 Å².